The van der Waals surface area contributed by atoms with Crippen LogP contribution in [0.5, 0.6) is 0 Å². The first-order valence-corrected chi connectivity index (χ1v) is 5.18. The quantitative estimate of drug-likeness (QED) is 0.648. The minimum absolute atomic E-state index is 0.278. The second-order valence-corrected chi connectivity index (χ2v) is 2.95. The molecule has 0 heterocycles. The molecule has 3 N–H and O–H groups in total. The average Bonchev–Trinajstić information content (AvgIpc) is 2.26. The number of carbonyl (C=O) groups is 1. The van der Waals surface area contributed by atoms with Crippen molar-refractivity contribution in [2.45, 2.75) is 25.7 Å². The SMILES string of the molecule is CC.Cc1ccc(S)cc1.NCC(=O)O. The van der Waals surface area contributed by atoms with Crippen LogP contribution < -0.4 is 5.73 Å². The molecule has 0 fully saturated rings. The van der Waals surface area contributed by atoms with E-state index in [0.29, 0.717) is 0 Å². The van der Waals surface area contributed by atoms with Crippen LogP contribution in [0.3, 0.4) is 0 Å². The lowest BCUT2D eigenvalue weighted by Crippen LogP contribution is -2.10. The second kappa shape index (κ2) is 11.1. The lowest BCUT2D eigenvalue weighted by atomic mass is 10.2. The van der Waals surface area contributed by atoms with E-state index in [0.717, 1.165) is 4.90 Å². The van der Waals surface area contributed by atoms with E-state index in [1.54, 1.807) is 0 Å². The maximum absolute atomic E-state index is 9.24. The first-order valence-electron chi connectivity index (χ1n) is 4.73. The zero-order valence-corrected chi connectivity index (χ0v) is 10.3. The van der Waals surface area contributed by atoms with Crippen LogP contribution in [0.2, 0.25) is 0 Å². The molecule has 0 bridgehead atoms. The maximum atomic E-state index is 9.24. The number of benzene rings is 1. The predicted molar refractivity (Wildman–Crippen MR) is 66.5 cm³/mol. The van der Waals surface area contributed by atoms with Gasteiger partial charge in [0.1, 0.15) is 0 Å². The van der Waals surface area contributed by atoms with Crippen LogP contribution in [0.25, 0.3) is 0 Å². The molecule has 86 valence electrons. The Hall–Kier alpha value is -1.00. The van der Waals surface area contributed by atoms with Crippen LogP contribution in [0, 0.1) is 6.92 Å². The van der Waals surface area contributed by atoms with Crippen molar-refractivity contribution < 1.29 is 9.90 Å². The van der Waals surface area contributed by atoms with Gasteiger partial charge in [0.15, 0.2) is 0 Å². The number of nitrogens with two attached hydrogens (primary N) is 1. The monoisotopic (exact) mass is 229 g/mol. The molecule has 0 spiro atoms. The standard InChI is InChI=1S/C7H8S.C2H5NO2.C2H6/c1-6-2-4-7(8)5-3-6;3-1-2(4)5;1-2/h2-5,8H,1H3;1,3H2,(H,4,5);1-2H3. The van der Waals surface area contributed by atoms with Crippen LogP contribution >= 0.6 is 12.6 Å². The number of aliphatic carboxylic acids is 1. The molecule has 0 saturated heterocycles. The molecule has 0 unspecified atom stereocenters. The molecule has 1 aromatic carbocycles. The fourth-order valence-corrected chi connectivity index (χ4v) is 0.694. The Labute approximate surface area is 96.7 Å². The summed E-state index contributed by atoms with van der Waals surface area (Å²) in [6, 6.07) is 8.06. The number of hydrogen-bond donors (Lipinski definition) is 3. The third-order valence-corrected chi connectivity index (χ3v) is 1.51. The molecule has 3 nitrogen and oxygen atoms in total. The Morgan fingerprint density at radius 3 is 1.87 bits per heavy atom. The zero-order valence-electron chi connectivity index (χ0n) is 9.40. The Bertz CT molecular complexity index is 239. The van der Waals surface area contributed by atoms with Crippen molar-refractivity contribution in [2.24, 2.45) is 5.73 Å². The van der Waals surface area contributed by atoms with Gasteiger partial charge in [-0.25, -0.2) is 0 Å². The summed E-state index contributed by atoms with van der Waals surface area (Å²) in [5.41, 5.74) is 5.85. The van der Waals surface area contributed by atoms with Crippen LogP contribution in [0.15, 0.2) is 29.2 Å². The van der Waals surface area contributed by atoms with Crippen LogP contribution in [0.1, 0.15) is 19.4 Å². The van der Waals surface area contributed by atoms with Gasteiger partial charge >= 0.3 is 5.97 Å². The third-order valence-electron chi connectivity index (χ3n) is 1.21. The lowest BCUT2D eigenvalue weighted by molar-refractivity contribution is -0.135. The summed E-state index contributed by atoms with van der Waals surface area (Å²) in [7, 11) is 0. The first-order chi connectivity index (χ1) is 7.06. The highest BCUT2D eigenvalue weighted by Crippen LogP contribution is 2.05. The molecule has 0 aliphatic carbocycles. The van der Waals surface area contributed by atoms with Gasteiger partial charge in [0, 0.05) is 4.90 Å². The van der Waals surface area contributed by atoms with E-state index in [4.69, 9.17) is 5.11 Å². The molecule has 0 saturated carbocycles. The van der Waals surface area contributed by atoms with E-state index in [-0.39, 0.29) is 6.54 Å². The largest absolute Gasteiger partial charge is 0.480 e. The topological polar surface area (TPSA) is 63.3 Å². The number of thiol groups is 1. The summed E-state index contributed by atoms with van der Waals surface area (Å²) >= 11 is 4.13. The van der Waals surface area contributed by atoms with Gasteiger partial charge in [0.2, 0.25) is 0 Å². The normalized spacial score (nSPS) is 7.80. The van der Waals surface area contributed by atoms with Gasteiger partial charge in [-0.05, 0) is 19.1 Å². The summed E-state index contributed by atoms with van der Waals surface area (Å²) in [5.74, 6) is -0.968. The van der Waals surface area contributed by atoms with Crippen LogP contribution in [-0.2, 0) is 4.79 Å². The first kappa shape index (κ1) is 16.4. The Balaban J connectivity index is 0. The minimum atomic E-state index is -0.968. The summed E-state index contributed by atoms with van der Waals surface area (Å²) < 4.78 is 0. The van der Waals surface area contributed by atoms with Gasteiger partial charge in [-0.1, -0.05) is 31.5 Å². The van der Waals surface area contributed by atoms with Crippen molar-refractivity contribution in [1.82, 2.24) is 0 Å². The van der Waals surface area contributed by atoms with Gasteiger partial charge in [-0.15, -0.1) is 12.6 Å². The predicted octanol–water partition coefficient (Wildman–Crippen LogP) is 2.34. The van der Waals surface area contributed by atoms with Crippen LogP contribution in [-0.4, -0.2) is 17.6 Å². The summed E-state index contributed by atoms with van der Waals surface area (Å²) in [6.45, 7) is 5.78. The number of carboxylic acids is 1. The van der Waals surface area contributed by atoms with Crippen LogP contribution in [0.4, 0.5) is 0 Å². The van der Waals surface area contributed by atoms with Crippen molar-refractivity contribution in [3.8, 4) is 0 Å². The van der Waals surface area contributed by atoms with Gasteiger partial charge < -0.3 is 10.8 Å². The van der Waals surface area contributed by atoms with Crippen molar-refractivity contribution in [2.75, 3.05) is 6.54 Å². The number of rotatable bonds is 1. The molecular weight excluding hydrogens is 210 g/mol. The minimum Gasteiger partial charge on any atom is -0.480 e. The van der Waals surface area contributed by atoms with E-state index >= 15 is 0 Å². The molecule has 0 radical (unpaired) electrons. The molecule has 0 atom stereocenters. The van der Waals surface area contributed by atoms with Gasteiger partial charge in [0.05, 0.1) is 6.54 Å². The average molecular weight is 229 g/mol. The molecule has 4 heteroatoms. The van der Waals surface area contributed by atoms with Gasteiger partial charge in [-0.3, -0.25) is 4.79 Å². The van der Waals surface area contributed by atoms with E-state index in [2.05, 4.69) is 25.3 Å². The molecule has 0 aromatic heterocycles. The Morgan fingerprint density at radius 2 is 1.67 bits per heavy atom. The summed E-state index contributed by atoms with van der Waals surface area (Å²) in [4.78, 5) is 10.3. The fraction of sp³-hybridized carbons (Fsp3) is 0.364. The van der Waals surface area contributed by atoms with Crippen molar-refractivity contribution in [3.63, 3.8) is 0 Å². The molecule has 0 aliphatic rings. The number of aryl methyl sites for hydroxylation is 1. The van der Waals surface area contributed by atoms with Crippen molar-refractivity contribution in [1.29, 1.82) is 0 Å². The number of hydrogen-bond acceptors (Lipinski definition) is 3. The zero-order chi connectivity index (χ0) is 12.3. The highest BCUT2D eigenvalue weighted by Gasteiger charge is 1.81. The molecule has 1 rings (SSSR count). The second-order valence-electron chi connectivity index (χ2n) is 2.43. The molecule has 15 heavy (non-hydrogen) atoms. The Kier molecular flexibility index (Phi) is 12.1. The molecule has 0 aliphatic heterocycles. The molecule has 1 aromatic rings. The van der Waals surface area contributed by atoms with E-state index < -0.39 is 5.97 Å². The molecular formula is C11H19NO2S. The van der Waals surface area contributed by atoms with Crippen molar-refractivity contribution in [3.05, 3.63) is 29.8 Å². The smallest absolute Gasteiger partial charge is 0.317 e. The highest BCUT2D eigenvalue weighted by molar-refractivity contribution is 7.80. The maximum Gasteiger partial charge on any atom is 0.317 e. The van der Waals surface area contributed by atoms with Crippen molar-refractivity contribution >= 4 is 18.6 Å². The molecule has 0 amide bonds. The highest BCUT2D eigenvalue weighted by atomic mass is 32.1. The van der Waals surface area contributed by atoms with E-state index in [9.17, 15) is 4.79 Å². The summed E-state index contributed by atoms with van der Waals surface area (Å²) in [5, 5.41) is 7.60. The Morgan fingerprint density at radius 1 is 1.33 bits per heavy atom. The fourth-order valence-electron chi connectivity index (χ4n) is 0.545. The third kappa shape index (κ3) is 13.0. The van der Waals surface area contributed by atoms with E-state index in [1.165, 1.54) is 5.56 Å². The van der Waals surface area contributed by atoms with E-state index in [1.807, 2.05) is 38.1 Å². The number of carboxylic acid groups (broad SMARTS) is 1. The summed E-state index contributed by atoms with van der Waals surface area (Å²) in [6.07, 6.45) is 0. The van der Waals surface area contributed by atoms with Gasteiger partial charge in [-0.2, -0.15) is 0 Å². The lowest BCUT2D eigenvalue weighted by Gasteiger charge is -1.89. The van der Waals surface area contributed by atoms with Gasteiger partial charge in [0.25, 0.3) is 0 Å².